The first-order chi connectivity index (χ1) is 12.7. The predicted octanol–water partition coefficient (Wildman–Crippen LogP) is 2.40. The van der Waals surface area contributed by atoms with Gasteiger partial charge in [0.2, 0.25) is 5.91 Å². The SMILES string of the molecule is Cn1nc2c(c1-c1ccccc1)CCN(C(=O)C1CCCNCC1)CC2. The van der Waals surface area contributed by atoms with Crippen LogP contribution >= 0.6 is 0 Å². The van der Waals surface area contributed by atoms with E-state index in [0.717, 1.165) is 64.0 Å². The van der Waals surface area contributed by atoms with Crippen LogP contribution in [0.5, 0.6) is 0 Å². The molecule has 4 rings (SSSR count). The quantitative estimate of drug-likeness (QED) is 0.903. The first kappa shape index (κ1) is 17.3. The highest BCUT2D eigenvalue weighted by molar-refractivity contribution is 5.79. The molecule has 1 saturated heterocycles. The van der Waals surface area contributed by atoms with Gasteiger partial charge < -0.3 is 10.2 Å². The number of fused-ring (bicyclic) bond motifs is 1. The summed E-state index contributed by atoms with van der Waals surface area (Å²) in [7, 11) is 2.03. The Bertz CT molecular complexity index is 760. The van der Waals surface area contributed by atoms with Crippen LogP contribution < -0.4 is 5.32 Å². The Kier molecular flexibility index (Phi) is 5.07. The normalized spacial score (nSPS) is 21.0. The van der Waals surface area contributed by atoms with Gasteiger partial charge in [0, 0.05) is 43.6 Å². The maximum Gasteiger partial charge on any atom is 0.225 e. The lowest BCUT2D eigenvalue weighted by Gasteiger charge is -2.25. The summed E-state index contributed by atoms with van der Waals surface area (Å²) in [5, 5.41) is 8.18. The molecule has 1 N–H and O–H groups in total. The molecule has 0 saturated carbocycles. The van der Waals surface area contributed by atoms with Crippen molar-refractivity contribution in [3.63, 3.8) is 0 Å². The molecule has 5 heteroatoms. The van der Waals surface area contributed by atoms with Gasteiger partial charge in [0.1, 0.15) is 0 Å². The summed E-state index contributed by atoms with van der Waals surface area (Å²) in [6.07, 6.45) is 4.84. The van der Waals surface area contributed by atoms with Crippen LogP contribution in [0.15, 0.2) is 30.3 Å². The fourth-order valence-corrected chi connectivity index (χ4v) is 4.39. The molecule has 138 valence electrons. The molecule has 0 bridgehead atoms. The van der Waals surface area contributed by atoms with E-state index in [1.165, 1.54) is 16.8 Å². The third-order valence-corrected chi connectivity index (χ3v) is 5.76. The van der Waals surface area contributed by atoms with Crippen LogP contribution in [0.3, 0.4) is 0 Å². The van der Waals surface area contributed by atoms with Gasteiger partial charge in [-0.3, -0.25) is 9.48 Å². The predicted molar refractivity (Wildman–Crippen MR) is 103 cm³/mol. The minimum atomic E-state index is 0.190. The topological polar surface area (TPSA) is 50.2 Å². The van der Waals surface area contributed by atoms with Crippen LogP contribution in [-0.4, -0.2) is 46.8 Å². The highest BCUT2D eigenvalue weighted by Gasteiger charge is 2.28. The number of nitrogens with one attached hydrogen (secondary N) is 1. The van der Waals surface area contributed by atoms with Gasteiger partial charge in [-0.05, 0) is 38.8 Å². The maximum atomic E-state index is 13.0. The Hall–Kier alpha value is -2.14. The van der Waals surface area contributed by atoms with E-state index in [-0.39, 0.29) is 5.92 Å². The Balaban J connectivity index is 1.53. The number of hydrogen-bond acceptors (Lipinski definition) is 3. The number of aryl methyl sites for hydroxylation is 1. The van der Waals surface area contributed by atoms with E-state index in [0.29, 0.717) is 5.91 Å². The van der Waals surface area contributed by atoms with E-state index in [1.54, 1.807) is 0 Å². The van der Waals surface area contributed by atoms with Crippen LogP contribution in [0.4, 0.5) is 0 Å². The standard InChI is InChI=1S/C21H28N4O/c1-24-20(16-6-3-2-4-7-16)18-10-14-25(15-11-19(18)23-24)21(26)17-8-5-12-22-13-9-17/h2-4,6-7,17,22H,5,8-15H2,1H3. The van der Waals surface area contributed by atoms with Gasteiger partial charge in [0.25, 0.3) is 0 Å². The Morgan fingerprint density at radius 1 is 1.12 bits per heavy atom. The van der Waals surface area contributed by atoms with Crippen LogP contribution in [0.1, 0.15) is 30.5 Å². The van der Waals surface area contributed by atoms with E-state index in [4.69, 9.17) is 5.10 Å². The summed E-state index contributed by atoms with van der Waals surface area (Å²) in [4.78, 5) is 15.1. The zero-order valence-corrected chi connectivity index (χ0v) is 15.6. The van der Waals surface area contributed by atoms with E-state index in [2.05, 4.69) is 34.5 Å². The number of aromatic nitrogens is 2. The van der Waals surface area contributed by atoms with Crippen molar-refractivity contribution in [2.24, 2.45) is 13.0 Å². The summed E-state index contributed by atoms with van der Waals surface area (Å²) in [6.45, 7) is 3.60. The van der Waals surface area contributed by atoms with Crippen molar-refractivity contribution in [1.82, 2.24) is 20.0 Å². The van der Waals surface area contributed by atoms with Crippen molar-refractivity contribution in [3.8, 4) is 11.3 Å². The monoisotopic (exact) mass is 352 g/mol. The van der Waals surface area contributed by atoms with Gasteiger partial charge in [0.05, 0.1) is 11.4 Å². The molecule has 0 aliphatic carbocycles. The lowest BCUT2D eigenvalue weighted by Crippen LogP contribution is -2.38. The molecule has 1 atom stereocenters. The minimum Gasteiger partial charge on any atom is -0.342 e. The highest BCUT2D eigenvalue weighted by Crippen LogP contribution is 2.29. The van der Waals surface area contributed by atoms with E-state index in [9.17, 15) is 4.79 Å². The van der Waals surface area contributed by atoms with Gasteiger partial charge >= 0.3 is 0 Å². The number of nitrogens with zero attached hydrogens (tertiary/aromatic N) is 3. The molecule has 0 radical (unpaired) electrons. The first-order valence-electron chi connectivity index (χ1n) is 9.83. The van der Waals surface area contributed by atoms with Crippen molar-refractivity contribution in [1.29, 1.82) is 0 Å². The third kappa shape index (κ3) is 3.40. The molecule has 3 heterocycles. The molecule has 5 nitrogen and oxygen atoms in total. The largest absolute Gasteiger partial charge is 0.342 e. The Morgan fingerprint density at radius 2 is 1.92 bits per heavy atom. The molecule has 1 fully saturated rings. The van der Waals surface area contributed by atoms with Gasteiger partial charge in [0.15, 0.2) is 0 Å². The molecule has 0 spiro atoms. The second-order valence-electron chi connectivity index (χ2n) is 7.47. The molecule has 1 aromatic heterocycles. The van der Waals surface area contributed by atoms with Crippen molar-refractivity contribution >= 4 is 5.91 Å². The van der Waals surface area contributed by atoms with Crippen LogP contribution in [0, 0.1) is 5.92 Å². The first-order valence-corrected chi connectivity index (χ1v) is 9.83. The molecule has 1 amide bonds. The molecule has 1 aromatic carbocycles. The summed E-state index contributed by atoms with van der Waals surface area (Å²) in [5.74, 6) is 0.541. The van der Waals surface area contributed by atoms with Crippen molar-refractivity contribution in [3.05, 3.63) is 41.6 Å². The van der Waals surface area contributed by atoms with Crippen LogP contribution in [0.2, 0.25) is 0 Å². The van der Waals surface area contributed by atoms with Crippen LogP contribution in [0.25, 0.3) is 11.3 Å². The molecule has 2 aliphatic heterocycles. The summed E-state index contributed by atoms with van der Waals surface area (Å²) in [6, 6.07) is 10.5. The van der Waals surface area contributed by atoms with Gasteiger partial charge in [-0.15, -0.1) is 0 Å². The third-order valence-electron chi connectivity index (χ3n) is 5.76. The van der Waals surface area contributed by atoms with E-state index >= 15 is 0 Å². The maximum absolute atomic E-state index is 13.0. The smallest absolute Gasteiger partial charge is 0.225 e. The van der Waals surface area contributed by atoms with Crippen molar-refractivity contribution in [2.75, 3.05) is 26.2 Å². The lowest BCUT2D eigenvalue weighted by molar-refractivity contribution is -0.135. The van der Waals surface area contributed by atoms with Gasteiger partial charge in [-0.1, -0.05) is 30.3 Å². The number of carbonyl (C=O) groups is 1. The molecule has 26 heavy (non-hydrogen) atoms. The number of carbonyl (C=O) groups excluding carboxylic acids is 1. The summed E-state index contributed by atoms with van der Waals surface area (Å²) in [5.41, 5.74) is 4.88. The van der Waals surface area contributed by atoms with Gasteiger partial charge in [-0.2, -0.15) is 5.10 Å². The molecule has 2 aromatic rings. The second kappa shape index (κ2) is 7.62. The minimum absolute atomic E-state index is 0.190. The number of rotatable bonds is 2. The van der Waals surface area contributed by atoms with E-state index in [1.807, 2.05) is 17.8 Å². The highest BCUT2D eigenvalue weighted by atomic mass is 16.2. The number of hydrogen-bond donors (Lipinski definition) is 1. The fourth-order valence-electron chi connectivity index (χ4n) is 4.39. The van der Waals surface area contributed by atoms with Gasteiger partial charge in [-0.25, -0.2) is 0 Å². The Morgan fingerprint density at radius 3 is 2.77 bits per heavy atom. The lowest BCUT2D eigenvalue weighted by atomic mass is 9.99. The molecular weight excluding hydrogens is 324 g/mol. The average Bonchev–Trinajstić information content (AvgIpc) is 2.88. The Labute approximate surface area is 155 Å². The number of amides is 1. The zero-order chi connectivity index (χ0) is 17.9. The zero-order valence-electron chi connectivity index (χ0n) is 15.6. The van der Waals surface area contributed by atoms with Crippen molar-refractivity contribution < 1.29 is 4.79 Å². The molecular formula is C21H28N4O. The summed E-state index contributed by atoms with van der Waals surface area (Å²) >= 11 is 0. The number of benzene rings is 1. The molecule has 2 aliphatic rings. The average molecular weight is 352 g/mol. The fraction of sp³-hybridized carbons (Fsp3) is 0.524. The second-order valence-corrected chi connectivity index (χ2v) is 7.47. The van der Waals surface area contributed by atoms with Crippen molar-refractivity contribution in [2.45, 2.75) is 32.1 Å². The summed E-state index contributed by atoms with van der Waals surface area (Å²) < 4.78 is 2.01. The van der Waals surface area contributed by atoms with E-state index < -0.39 is 0 Å². The molecule has 1 unspecified atom stereocenters. The van der Waals surface area contributed by atoms with Crippen LogP contribution in [-0.2, 0) is 24.7 Å².